The van der Waals surface area contributed by atoms with E-state index in [1.165, 1.54) is 4.90 Å². The SMILES string of the molecule is CCOC(=O)[C@@]12C[C@H]1/C=C\CCCCC[C@H](NC(=O)O[C@@H]1C[C@H]1CCC/C=C/B1OC(C)(C)C(C)(C)O1)C(=O)N1C[C@H](Oc3nc4ccccc4c(OC)c3Br)C[C@H]1C(=O)N2. The van der Waals surface area contributed by atoms with Crippen LogP contribution in [0.1, 0.15) is 105 Å². The van der Waals surface area contributed by atoms with Crippen LogP contribution in [-0.4, -0.2) is 102 Å². The molecule has 330 valence electrons. The van der Waals surface area contributed by atoms with Crippen LogP contribution < -0.4 is 20.1 Å². The van der Waals surface area contributed by atoms with E-state index < -0.39 is 47.6 Å². The predicted molar refractivity (Wildman–Crippen MR) is 233 cm³/mol. The van der Waals surface area contributed by atoms with Gasteiger partial charge in [0.15, 0.2) is 0 Å². The Morgan fingerprint density at radius 2 is 1.87 bits per heavy atom. The molecule has 61 heavy (non-hydrogen) atoms. The fourth-order valence-corrected chi connectivity index (χ4v) is 9.18. The minimum Gasteiger partial charge on any atom is -0.495 e. The van der Waals surface area contributed by atoms with E-state index in [1.54, 1.807) is 14.0 Å². The molecule has 16 heteroatoms. The van der Waals surface area contributed by atoms with E-state index in [4.69, 9.17) is 33.2 Å². The van der Waals surface area contributed by atoms with Gasteiger partial charge in [0.1, 0.15) is 40.1 Å². The number of halogens is 1. The lowest BCUT2D eigenvalue weighted by Crippen LogP contribution is -2.56. The number of fused-ring (bicyclic) bond motifs is 3. The Bertz CT molecular complexity index is 2010. The van der Waals surface area contributed by atoms with Gasteiger partial charge < -0.3 is 43.8 Å². The molecule has 0 spiro atoms. The number of esters is 1. The minimum absolute atomic E-state index is 0.0385. The molecule has 3 aliphatic heterocycles. The van der Waals surface area contributed by atoms with Crippen molar-refractivity contribution >= 4 is 57.8 Å². The summed E-state index contributed by atoms with van der Waals surface area (Å²) >= 11 is 3.61. The first-order valence-corrected chi connectivity index (χ1v) is 22.7. The van der Waals surface area contributed by atoms with Crippen molar-refractivity contribution in [3.63, 3.8) is 0 Å². The molecule has 1 aromatic heterocycles. The number of aromatic nitrogens is 1. The Kier molecular flexibility index (Phi) is 13.7. The highest BCUT2D eigenvalue weighted by molar-refractivity contribution is 9.10. The standard InChI is InChI=1S/C45H60BBrN4O10/c1-7-57-41(54)45-26-29(45)19-13-9-8-10-14-22-33(49-42(55)59-35-24-28(35)18-12-11-17-23-46-60-43(2,3)44(4,5)61-46)40(53)51-27-30(25-34(51)38(52)50-45)58-39-36(47)37(56-6)31-20-15-16-21-32(31)48-39/h13,15-17,19-21,23,28-30,33-35H,7-12,14,18,22,24-27H2,1-6H3,(H,49,55)(H,50,52)/b19-13-,23-17+/t28-,29-,30-,33+,34+,35-,45-/m1/s1. The van der Waals surface area contributed by atoms with Crippen molar-refractivity contribution in [2.45, 2.75) is 146 Å². The van der Waals surface area contributed by atoms with Crippen LogP contribution in [0, 0.1) is 11.8 Å². The number of carbonyl (C=O) groups excluding carboxylic acids is 4. The summed E-state index contributed by atoms with van der Waals surface area (Å²) in [5.74, 6) is 1.38. The number of carbonyl (C=O) groups is 4. The van der Waals surface area contributed by atoms with Gasteiger partial charge in [0.05, 0.1) is 37.0 Å². The molecule has 3 amide bonds. The van der Waals surface area contributed by atoms with Crippen molar-refractivity contribution in [1.29, 1.82) is 0 Å². The van der Waals surface area contributed by atoms with Gasteiger partial charge >= 0.3 is 19.2 Å². The number of amides is 3. The third kappa shape index (κ3) is 10.1. The van der Waals surface area contributed by atoms with Crippen LogP contribution in [0.4, 0.5) is 4.79 Å². The average molecular weight is 908 g/mol. The summed E-state index contributed by atoms with van der Waals surface area (Å²) in [4.78, 5) is 62.1. The molecule has 0 radical (unpaired) electrons. The lowest BCUT2D eigenvalue weighted by atomic mass is 9.89. The van der Waals surface area contributed by atoms with Crippen molar-refractivity contribution in [2.75, 3.05) is 20.3 Å². The molecule has 4 heterocycles. The van der Waals surface area contributed by atoms with E-state index in [-0.39, 0.29) is 61.7 Å². The number of para-hydroxylation sites is 1. The van der Waals surface area contributed by atoms with Crippen LogP contribution in [0.5, 0.6) is 11.6 Å². The fourth-order valence-electron chi connectivity index (χ4n) is 8.62. The van der Waals surface area contributed by atoms with Crippen LogP contribution in [0.2, 0.25) is 0 Å². The summed E-state index contributed by atoms with van der Waals surface area (Å²) in [7, 11) is 1.19. The van der Waals surface area contributed by atoms with Gasteiger partial charge in [-0.1, -0.05) is 49.2 Å². The first kappa shape index (κ1) is 44.9. The highest BCUT2D eigenvalue weighted by Gasteiger charge is 2.62. The molecule has 7 atom stereocenters. The van der Waals surface area contributed by atoms with Crippen molar-refractivity contribution < 1.29 is 47.4 Å². The van der Waals surface area contributed by atoms with Crippen LogP contribution in [0.25, 0.3) is 10.9 Å². The van der Waals surface area contributed by atoms with Gasteiger partial charge in [0, 0.05) is 17.7 Å². The summed E-state index contributed by atoms with van der Waals surface area (Å²) in [5.41, 5.74) is -1.33. The lowest BCUT2D eigenvalue weighted by Gasteiger charge is -2.32. The van der Waals surface area contributed by atoms with E-state index in [1.807, 2.05) is 70.1 Å². The van der Waals surface area contributed by atoms with Crippen molar-refractivity contribution in [1.82, 2.24) is 20.5 Å². The second kappa shape index (κ2) is 18.7. The van der Waals surface area contributed by atoms with Crippen LogP contribution in [0.15, 0.2) is 52.9 Å². The molecule has 2 N–H and O–H groups in total. The van der Waals surface area contributed by atoms with E-state index in [0.29, 0.717) is 35.0 Å². The number of benzene rings is 1. The molecule has 0 bridgehead atoms. The summed E-state index contributed by atoms with van der Waals surface area (Å²) in [5, 5.41) is 6.68. The van der Waals surface area contributed by atoms with Crippen LogP contribution in [-0.2, 0) is 33.2 Å². The van der Waals surface area contributed by atoms with Gasteiger partial charge in [-0.05, 0) is 120 Å². The number of alkyl carbamates (subject to hydrolysis) is 1. The monoisotopic (exact) mass is 906 g/mol. The molecule has 2 aromatic rings. The zero-order chi connectivity index (χ0) is 43.5. The summed E-state index contributed by atoms with van der Waals surface area (Å²) in [6.45, 7) is 10.1. The molecule has 5 aliphatic rings. The maximum Gasteiger partial charge on any atom is 0.486 e. The van der Waals surface area contributed by atoms with Crippen molar-refractivity contribution in [3.8, 4) is 11.6 Å². The van der Waals surface area contributed by atoms with Crippen molar-refractivity contribution in [2.24, 2.45) is 11.8 Å². The number of pyridine rings is 1. The van der Waals surface area contributed by atoms with E-state index in [0.717, 1.165) is 50.3 Å². The van der Waals surface area contributed by atoms with Crippen LogP contribution in [0.3, 0.4) is 0 Å². The van der Waals surface area contributed by atoms with E-state index in [9.17, 15) is 19.2 Å². The topological polar surface area (TPSA) is 164 Å². The lowest BCUT2D eigenvalue weighted by molar-refractivity contribution is -0.150. The maximum absolute atomic E-state index is 14.7. The molecule has 2 saturated heterocycles. The third-order valence-corrected chi connectivity index (χ3v) is 13.7. The molecule has 4 fully saturated rings. The second-order valence-corrected chi connectivity index (χ2v) is 18.7. The zero-order valence-corrected chi connectivity index (χ0v) is 37.8. The Morgan fingerprint density at radius 1 is 1.10 bits per heavy atom. The number of unbranched alkanes of at least 4 members (excludes halogenated alkanes) is 1. The van der Waals surface area contributed by atoms with E-state index in [2.05, 4.69) is 32.6 Å². The van der Waals surface area contributed by atoms with Gasteiger partial charge in [0.25, 0.3) is 0 Å². The number of methoxy groups -OCH3 is 1. The second-order valence-electron chi connectivity index (χ2n) is 17.9. The zero-order valence-electron chi connectivity index (χ0n) is 36.2. The van der Waals surface area contributed by atoms with Gasteiger partial charge in [-0.15, -0.1) is 0 Å². The van der Waals surface area contributed by atoms with Crippen LogP contribution >= 0.6 is 15.9 Å². The largest absolute Gasteiger partial charge is 0.495 e. The van der Waals surface area contributed by atoms with Gasteiger partial charge in [-0.25, -0.2) is 14.6 Å². The maximum atomic E-state index is 14.7. The normalized spacial score (nSPS) is 30.1. The molecule has 1 aromatic carbocycles. The number of nitrogens with zero attached hydrogens (tertiary/aromatic N) is 2. The molecule has 14 nitrogen and oxygen atoms in total. The fraction of sp³-hybridized carbons (Fsp3) is 0.622. The predicted octanol–water partition coefficient (Wildman–Crippen LogP) is 7.15. The molecule has 7 rings (SSSR count). The van der Waals surface area contributed by atoms with Crippen molar-refractivity contribution in [3.05, 3.63) is 52.9 Å². The molecular weight excluding hydrogens is 847 g/mol. The average Bonchev–Trinajstić information content (AvgIpc) is 4.05. The Balaban J connectivity index is 1.03. The summed E-state index contributed by atoms with van der Waals surface area (Å²) in [6.07, 6.45) is 12.0. The first-order chi connectivity index (χ1) is 29.2. The number of rotatable bonds is 12. The van der Waals surface area contributed by atoms with Gasteiger partial charge in [0.2, 0.25) is 17.7 Å². The Morgan fingerprint density at radius 3 is 2.62 bits per heavy atom. The Hall–Kier alpha value is -4.15. The molecule has 0 unspecified atom stereocenters. The Labute approximate surface area is 367 Å². The number of allylic oxidation sites excluding steroid dienone is 2. The summed E-state index contributed by atoms with van der Waals surface area (Å²) in [6, 6.07) is 5.56. The number of ether oxygens (including phenoxy) is 4. The number of hydrogen-bond acceptors (Lipinski definition) is 11. The quantitative estimate of drug-likeness (QED) is 0.0963. The highest BCUT2D eigenvalue weighted by atomic mass is 79.9. The van der Waals surface area contributed by atoms with E-state index >= 15 is 0 Å². The third-order valence-electron chi connectivity index (χ3n) is 13.0. The smallest absolute Gasteiger partial charge is 0.486 e. The van der Waals surface area contributed by atoms with Gasteiger partial charge in [-0.2, -0.15) is 0 Å². The summed E-state index contributed by atoms with van der Waals surface area (Å²) < 4.78 is 36.1. The molecule has 2 saturated carbocycles. The molecule has 2 aliphatic carbocycles. The first-order valence-electron chi connectivity index (χ1n) is 21.9. The highest BCUT2D eigenvalue weighted by Crippen LogP contribution is 2.47. The molecular formula is C45H60BBrN4O10. The number of hydrogen-bond donors (Lipinski definition) is 2. The van der Waals surface area contributed by atoms with Gasteiger partial charge in [-0.3, -0.25) is 9.59 Å². The number of nitrogens with one attached hydrogen (secondary N) is 2. The minimum atomic E-state index is -1.22.